The Balaban J connectivity index is 2.42. The summed E-state index contributed by atoms with van der Waals surface area (Å²) in [6.45, 7) is 1.59. The van der Waals surface area contributed by atoms with Crippen molar-refractivity contribution in [3.05, 3.63) is 41.7 Å². The van der Waals surface area contributed by atoms with Gasteiger partial charge in [0.1, 0.15) is 5.69 Å². The first-order chi connectivity index (χ1) is 8.92. The van der Waals surface area contributed by atoms with Gasteiger partial charge in [-0.25, -0.2) is 8.42 Å². The number of nitrogens with two attached hydrogens (primary N) is 1. The van der Waals surface area contributed by atoms with Gasteiger partial charge in [-0.1, -0.05) is 18.2 Å². The fourth-order valence-electron chi connectivity index (χ4n) is 1.53. The topological polar surface area (TPSA) is 118 Å². The van der Waals surface area contributed by atoms with Crippen LogP contribution >= 0.6 is 0 Å². The van der Waals surface area contributed by atoms with Gasteiger partial charge in [0.15, 0.2) is 5.69 Å². The predicted molar refractivity (Wildman–Crippen MR) is 69.1 cm³/mol. The van der Waals surface area contributed by atoms with Crippen LogP contribution in [0.15, 0.2) is 35.2 Å². The van der Waals surface area contributed by atoms with E-state index < -0.39 is 15.9 Å². The molecule has 8 heteroatoms. The van der Waals surface area contributed by atoms with Crippen molar-refractivity contribution in [2.24, 2.45) is 5.73 Å². The molecule has 2 rings (SSSR count). The van der Waals surface area contributed by atoms with E-state index in [-0.39, 0.29) is 16.3 Å². The Labute approximate surface area is 109 Å². The van der Waals surface area contributed by atoms with E-state index in [1.807, 2.05) is 0 Å². The monoisotopic (exact) mass is 280 g/mol. The molecule has 0 saturated heterocycles. The molecule has 0 fully saturated rings. The summed E-state index contributed by atoms with van der Waals surface area (Å²) < 4.78 is 26.6. The number of aromatic amines is 1. The van der Waals surface area contributed by atoms with Crippen LogP contribution in [-0.2, 0) is 10.0 Å². The van der Waals surface area contributed by atoms with Crippen LogP contribution in [-0.4, -0.2) is 24.5 Å². The maximum atomic E-state index is 12.1. The third-order valence-electron chi connectivity index (χ3n) is 2.47. The molecule has 1 amide bonds. The highest BCUT2D eigenvalue weighted by Crippen LogP contribution is 2.21. The van der Waals surface area contributed by atoms with Gasteiger partial charge in [0.2, 0.25) is 0 Å². The van der Waals surface area contributed by atoms with Crippen molar-refractivity contribution in [2.45, 2.75) is 11.8 Å². The fraction of sp³-hybridized carbons (Fsp3) is 0.0909. The number of carbonyl (C=O) groups is 1. The first-order valence-corrected chi connectivity index (χ1v) is 6.83. The third-order valence-corrected chi connectivity index (χ3v) is 3.84. The zero-order chi connectivity index (χ0) is 14.0. The normalized spacial score (nSPS) is 11.2. The molecule has 1 heterocycles. The molecule has 0 aliphatic rings. The van der Waals surface area contributed by atoms with Gasteiger partial charge >= 0.3 is 0 Å². The van der Waals surface area contributed by atoms with Gasteiger partial charge in [-0.15, -0.1) is 0 Å². The average Bonchev–Trinajstić information content (AvgIpc) is 2.72. The minimum Gasteiger partial charge on any atom is -0.364 e. The summed E-state index contributed by atoms with van der Waals surface area (Å²) in [6, 6.07) is 7.80. The highest BCUT2D eigenvalue weighted by Gasteiger charge is 2.21. The van der Waals surface area contributed by atoms with Crippen LogP contribution in [0, 0.1) is 6.92 Å². The Kier molecular flexibility index (Phi) is 3.26. The van der Waals surface area contributed by atoms with Crippen molar-refractivity contribution in [3.8, 4) is 0 Å². The second-order valence-corrected chi connectivity index (χ2v) is 5.54. The third kappa shape index (κ3) is 2.58. The number of rotatable bonds is 4. The molecule has 7 nitrogen and oxygen atoms in total. The van der Waals surface area contributed by atoms with Gasteiger partial charge in [-0.3, -0.25) is 14.6 Å². The Morgan fingerprint density at radius 3 is 2.53 bits per heavy atom. The number of H-pyrrole nitrogens is 1. The van der Waals surface area contributed by atoms with Crippen LogP contribution in [0.4, 0.5) is 5.69 Å². The summed E-state index contributed by atoms with van der Waals surface area (Å²) in [7, 11) is -3.78. The van der Waals surface area contributed by atoms with Crippen LogP contribution in [0.5, 0.6) is 0 Å². The number of amides is 1. The quantitative estimate of drug-likeness (QED) is 0.760. The smallest absolute Gasteiger partial charge is 0.271 e. The molecule has 0 saturated carbocycles. The van der Waals surface area contributed by atoms with Crippen LogP contribution < -0.4 is 10.5 Å². The number of benzene rings is 1. The lowest BCUT2D eigenvalue weighted by atomic mass is 10.3. The Morgan fingerprint density at radius 1 is 1.32 bits per heavy atom. The largest absolute Gasteiger partial charge is 0.364 e. The van der Waals surface area contributed by atoms with Gasteiger partial charge in [0.05, 0.1) is 10.6 Å². The summed E-state index contributed by atoms with van der Waals surface area (Å²) in [5, 5.41) is 6.18. The first-order valence-electron chi connectivity index (χ1n) is 5.34. The van der Waals surface area contributed by atoms with Gasteiger partial charge in [0.25, 0.3) is 15.9 Å². The number of anilines is 1. The molecule has 0 radical (unpaired) electrons. The molecule has 0 spiro atoms. The molecule has 0 aliphatic carbocycles. The SMILES string of the molecule is Cc1[nH]nc(C(N)=O)c1NS(=O)(=O)c1ccccc1. The maximum Gasteiger partial charge on any atom is 0.271 e. The predicted octanol–water partition coefficient (Wildman–Crippen LogP) is 0.618. The molecule has 0 unspecified atom stereocenters. The van der Waals surface area contributed by atoms with Crippen LogP contribution in [0.1, 0.15) is 16.2 Å². The van der Waals surface area contributed by atoms with E-state index >= 15 is 0 Å². The highest BCUT2D eigenvalue weighted by atomic mass is 32.2. The minimum atomic E-state index is -3.78. The highest BCUT2D eigenvalue weighted by molar-refractivity contribution is 7.92. The molecule has 4 N–H and O–H groups in total. The number of nitrogens with one attached hydrogen (secondary N) is 2. The van der Waals surface area contributed by atoms with Crippen molar-refractivity contribution in [1.29, 1.82) is 0 Å². The van der Waals surface area contributed by atoms with E-state index in [0.29, 0.717) is 5.69 Å². The molecule has 1 aromatic heterocycles. The maximum absolute atomic E-state index is 12.1. The van der Waals surface area contributed by atoms with Crippen molar-refractivity contribution in [3.63, 3.8) is 0 Å². The second-order valence-electron chi connectivity index (χ2n) is 3.86. The number of primary amides is 1. The number of sulfonamides is 1. The zero-order valence-corrected chi connectivity index (χ0v) is 10.9. The number of aromatic nitrogens is 2. The van der Waals surface area contributed by atoms with Crippen molar-refractivity contribution in [1.82, 2.24) is 10.2 Å². The Morgan fingerprint density at radius 2 is 1.95 bits per heavy atom. The summed E-state index contributed by atoms with van der Waals surface area (Å²) in [5.41, 5.74) is 5.46. The lowest BCUT2D eigenvalue weighted by Gasteiger charge is -2.07. The lowest BCUT2D eigenvalue weighted by molar-refractivity contribution is 0.0996. The van der Waals surface area contributed by atoms with Crippen LogP contribution in [0.2, 0.25) is 0 Å². The summed E-state index contributed by atoms with van der Waals surface area (Å²) in [4.78, 5) is 11.3. The number of carbonyl (C=O) groups excluding carboxylic acids is 1. The molecular weight excluding hydrogens is 268 g/mol. The fourth-order valence-corrected chi connectivity index (χ4v) is 2.68. The van der Waals surface area contributed by atoms with E-state index in [0.717, 1.165) is 0 Å². The van der Waals surface area contributed by atoms with E-state index in [4.69, 9.17) is 5.73 Å². The summed E-state index contributed by atoms with van der Waals surface area (Å²) in [6.07, 6.45) is 0. The van der Waals surface area contributed by atoms with E-state index in [1.54, 1.807) is 25.1 Å². The zero-order valence-electron chi connectivity index (χ0n) is 10.0. The number of hydrogen-bond acceptors (Lipinski definition) is 4. The molecule has 19 heavy (non-hydrogen) atoms. The molecule has 100 valence electrons. The Bertz CT molecular complexity index is 707. The molecule has 1 aromatic carbocycles. The lowest BCUT2D eigenvalue weighted by Crippen LogP contribution is -2.18. The van der Waals surface area contributed by atoms with Crippen molar-refractivity contribution in [2.75, 3.05) is 4.72 Å². The molecule has 0 aliphatic heterocycles. The molecule has 2 aromatic rings. The summed E-state index contributed by atoms with van der Waals surface area (Å²) >= 11 is 0. The molecular formula is C11H12N4O3S. The molecule has 0 bridgehead atoms. The van der Waals surface area contributed by atoms with Crippen LogP contribution in [0.3, 0.4) is 0 Å². The first kappa shape index (κ1) is 13.1. The average molecular weight is 280 g/mol. The number of nitrogens with zero attached hydrogens (tertiary/aromatic N) is 1. The van der Waals surface area contributed by atoms with E-state index in [1.165, 1.54) is 12.1 Å². The van der Waals surface area contributed by atoms with Gasteiger partial charge in [-0.05, 0) is 19.1 Å². The number of hydrogen-bond donors (Lipinski definition) is 3. The van der Waals surface area contributed by atoms with E-state index in [9.17, 15) is 13.2 Å². The standard InChI is InChI=1S/C11H12N4O3S/c1-7-9(10(11(12)16)14-13-7)15-19(17,18)8-5-3-2-4-6-8/h2-6,15H,1H3,(H2,12,16)(H,13,14). The van der Waals surface area contributed by atoms with Crippen molar-refractivity contribution < 1.29 is 13.2 Å². The van der Waals surface area contributed by atoms with Crippen LogP contribution in [0.25, 0.3) is 0 Å². The Hall–Kier alpha value is -2.35. The minimum absolute atomic E-state index is 0.0661. The van der Waals surface area contributed by atoms with Gasteiger partial charge in [0, 0.05) is 0 Å². The second kappa shape index (κ2) is 4.73. The number of aryl methyl sites for hydroxylation is 1. The van der Waals surface area contributed by atoms with E-state index in [2.05, 4.69) is 14.9 Å². The van der Waals surface area contributed by atoms with Gasteiger partial charge in [-0.2, -0.15) is 5.10 Å². The summed E-state index contributed by atoms with van der Waals surface area (Å²) in [5.74, 6) is -0.810. The van der Waals surface area contributed by atoms with Gasteiger partial charge < -0.3 is 5.73 Å². The van der Waals surface area contributed by atoms with Crippen molar-refractivity contribution >= 4 is 21.6 Å². The molecule has 0 atom stereocenters.